The highest BCUT2D eigenvalue weighted by Gasteiger charge is 2.27. The number of benzene rings is 2. The number of fused-ring (bicyclic) bond motifs is 1. The molecule has 38 heavy (non-hydrogen) atoms. The Bertz CT molecular complexity index is 1690. The molecule has 0 radical (unpaired) electrons. The zero-order valence-corrected chi connectivity index (χ0v) is 22.6. The average molecular weight is 545 g/mol. The van der Waals surface area contributed by atoms with Gasteiger partial charge in [-0.2, -0.15) is 0 Å². The second-order valence-corrected chi connectivity index (χ2v) is 10.4. The largest absolute Gasteiger partial charge is 0.467 e. The number of aryl methyl sites for hydroxylation is 3. The lowest BCUT2D eigenvalue weighted by Crippen LogP contribution is -2.22. The van der Waals surface area contributed by atoms with Crippen molar-refractivity contribution in [3.63, 3.8) is 0 Å². The molecule has 2 aromatic carbocycles. The zero-order valence-electron chi connectivity index (χ0n) is 21.0. The van der Waals surface area contributed by atoms with Crippen molar-refractivity contribution in [3.05, 3.63) is 98.9 Å². The second kappa shape index (κ2) is 10.3. The van der Waals surface area contributed by atoms with Gasteiger partial charge in [-0.15, -0.1) is 11.3 Å². The van der Waals surface area contributed by atoms with Gasteiger partial charge in [0.1, 0.15) is 15.5 Å². The van der Waals surface area contributed by atoms with Gasteiger partial charge >= 0.3 is 0 Å². The van der Waals surface area contributed by atoms with Crippen LogP contribution >= 0.6 is 22.9 Å². The average Bonchev–Trinajstić information content (AvgIpc) is 3.52. The molecule has 0 bridgehead atoms. The molecule has 9 heteroatoms. The monoisotopic (exact) mass is 544 g/mol. The van der Waals surface area contributed by atoms with Gasteiger partial charge in [-0.25, -0.2) is 4.98 Å². The molecule has 0 spiro atoms. The highest BCUT2D eigenvalue weighted by atomic mass is 35.5. The minimum atomic E-state index is -0.356. The van der Waals surface area contributed by atoms with Crippen LogP contribution in [-0.2, 0) is 6.54 Å². The first-order valence-corrected chi connectivity index (χ1v) is 13.1. The Morgan fingerprint density at radius 3 is 2.55 bits per heavy atom. The quantitative estimate of drug-likeness (QED) is 0.215. The van der Waals surface area contributed by atoms with E-state index in [4.69, 9.17) is 26.7 Å². The van der Waals surface area contributed by atoms with Gasteiger partial charge in [0.05, 0.1) is 29.8 Å². The van der Waals surface area contributed by atoms with E-state index in [0.29, 0.717) is 53.9 Å². The van der Waals surface area contributed by atoms with E-state index in [9.17, 15) is 9.59 Å². The maximum Gasteiger partial charge on any atom is 0.263 e. The molecule has 0 aliphatic heterocycles. The number of pyridine rings is 1. The van der Waals surface area contributed by atoms with Crippen molar-refractivity contribution in [1.82, 2.24) is 10.3 Å². The van der Waals surface area contributed by atoms with E-state index in [0.717, 1.165) is 11.1 Å². The summed E-state index contributed by atoms with van der Waals surface area (Å²) in [4.78, 5) is 32.4. The topological polar surface area (TPSA) is 110 Å². The molecule has 3 heterocycles. The molecule has 0 saturated carbocycles. The fraction of sp³-hybridized carbons (Fsp3) is 0.138. The molecular formula is C29H25ClN4O3S. The van der Waals surface area contributed by atoms with Crippen LogP contribution in [0.1, 0.15) is 42.6 Å². The van der Waals surface area contributed by atoms with Gasteiger partial charge in [0.25, 0.3) is 11.8 Å². The standard InChI is InChI=1S/C29H25ClN4O3S/c1-15-10-11-21(16(2)13-15)34-27(35)22-17(3)33-29-24(23(22)19-8-4-5-9-20(19)30)25(31)26(38-29)28(36)32-14-18-7-6-12-37-18/h4-13H,14,31H2,1-3H3,(H,32,36)(H,34,35). The van der Waals surface area contributed by atoms with Crippen LogP contribution in [0.3, 0.4) is 0 Å². The lowest BCUT2D eigenvalue weighted by molar-refractivity contribution is 0.0952. The van der Waals surface area contributed by atoms with Crippen LogP contribution in [0.4, 0.5) is 11.4 Å². The van der Waals surface area contributed by atoms with Crippen molar-refractivity contribution in [2.75, 3.05) is 11.1 Å². The first-order chi connectivity index (χ1) is 18.2. The molecule has 2 amide bonds. The number of anilines is 2. The molecule has 4 N–H and O–H groups in total. The van der Waals surface area contributed by atoms with Crippen LogP contribution < -0.4 is 16.4 Å². The second-order valence-electron chi connectivity index (χ2n) is 8.99. The predicted molar refractivity (Wildman–Crippen MR) is 153 cm³/mol. The lowest BCUT2D eigenvalue weighted by Gasteiger charge is -2.16. The number of carbonyl (C=O) groups is 2. The van der Waals surface area contributed by atoms with Gasteiger partial charge in [-0.3, -0.25) is 9.59 Å². The molecule has 3 aromatic heterocycles. The van der Waals surface area contributed by atoms with E-state index >= 15 is 0 Å². The third-order valence-electron chi connectivity index (χ3n) is 6.27. The molecule has 5 aromatic rings. The summed E-state index contributed by atoms with van der Waals surface area (Å²) in [6.45, 7) is 5.92. The number of nitrogens with two attached hydrogens (primary N) is 1. The summed E-state index contributed by atoms with van der Waals surface area (Å²) < 4.78 is 5.31. The molecule has 0 atom stereocenters. The fourth-order valence-corrected chi connectivity index (χ4v) is 5.74. The minimum Gasteiger partial charge on any atom is -0.467 e. The summed E-state index contributed by atoms with van der Waals surface area (Å²) in [5.74, 6) is -0.0757. The maximum atomic E-state index is 13.8. The normalized spacial score (nSPS) is 11.1. The van der Waals surface area contributed by atoms with E-state index < -0.39 is 0 Å². The number of thiophene rings is 1. The summed E-state index contributed by atoms with van der Waals surface area (Å²) in [5, 5.41) is 6.83. The number of rotatable bonds is 6. The van der Waals surface area contributed by atoms with Crippen LogP contribution in [0.25, 0.3) is 21.3 Å². The third-order valence-corrected chi connectivity index (χ3v) is 7.70. The van der Waals surface area contributed by atoms with E-state index in [1.54, 1.807) is 31.4 Å². The van der Waals surface area contributed by atoms with E-state index in [1.807, 2.05) is 50.2 Å². The Morgan fingerprint density at radius 1 is 1.05 bits per heavy atom. The number of nitrogens with one attached hydrogen (secondary N) is 2. The Morgan fingerprint density at radius 2 is 1.84 bits per heavy atom. The lowest BCUT2D eigenvalue weighted by atomic mass is 9.94. The van der Waals surface area contributed by atoms with Crippen LogP contribution in [0.15, 0.2) is 65.3 Å². The third kappa shape index (κ3) is 4.76. The highest BCUT2D eigenvalue weighted by molar-refractivity contribution is 7.21. The van der Waals surface area contributed by atoms with E-state index in [-0.39, 0.29) is 24.0 Å². The first-order valence-electron chi connectivity index (χ1n) is 11.9. The number of carbonyl (C=O) groups excluding carboxylic acids is 2. The molecule has 0 fully saturated rings. The van der Waals surface area contributed by atoms with Gasteiger partial charge in [0.15, 0.2) is 0 Å². The number of hydrogen-bond donors (Lipinski definition) is 3. The Kier molecular flexibility index (Phi) is 6.93. The smallest absolute Gasteiger partial charge is 0.263 e. The Balaban J connectivity index is 1.66. The summed E-state index contributed by atoms with van der Waals surface area (Å²) in [6, 6.07) is 16.6. The van der Waals surface area contributed by atoms with Gasteiger partial charge in [-0.1, -0.05) is 47.5 Å². The number of nitrogens with zero attached hydrogens (tertiary/aromatic N) is 1. The number of furan rings is 1. The molecule has 0 unspecified atom stereocenters. The predicted octanol–water partition coefficient (Wildman–Crippen LogP) is 6.90. The summed E-state index contributed by atoms with van der Waals surface area (Å²) in [6.07, 6.45) is 1.54. The minimum absolute atomic E-state index is 0.215. The van der Waals surface area contributed by atoms with Crippen molar-refractivity contribution < 1.29 is 14.0 Å². The molecule has 192 valence electrons. The van der Waals surface area contributed by atoms with Crippen molar-refractivity contribution in [2.45, 2.75) is 27.3 Å². The van der Waals surface area contributed by atoms with E-state index in [2.05, 4.69) is 10.6 Å². The molecular weight excluding hydrogens is 520 g/mol. The van der Waals surface area contributed by atoms with Crippen LogP contribution in [0, 0.1) is 20.8 Å². The van der Waals surface area contributed by atoms with Gasteiger partial charge in [-0.05, 0) is 50.6 Å². The molecule has 7 nitrogen and oxygen atoms in total. The van der Waals surface area contributed by atoms with Crippen LogP contribution in [0.5, 0.6) is 0 Å². The first kappa shape index (κ1) is 25.5. The summed E-state index contributed by atoms with van der Waals surface area (Å²) >= 11 is 7.81. The number of aromatic nitrogens is 1. The zero-order chi connectivity index (χ0) is 27.0. The molecule has 0 aliphatic rings. The van der Waals surface area contributed by atoms with Crippen LogP contribution in [-0.4, -0.2) is 16.8 Å². The highest BCUT2D eigenvalue weighted by Crippen LogP contribution is 2.44. The Labute approximate surface area is 228 Å². The summed E-state index contributed by atoms with van der Waals surface area (Å²) in [5.41, 5.74) is 11.6. The fourth-order valence-electron chi connectivity index (χ4n) is 4.45. The molecule has 0 saturated heterocycles. The van der Waals surface area contributed by atoms with Crippen LogP contribution in [0.2, 0.25) is 5.02 Å². The van der Waals surface area contributed by atoms with Crippen molar-refractivity contribution in [1.29, 1.82) is 0 Å². The number of hydrogen-bond acceptors (Lipinski definition) is 6. The number of amides is 2. The van der Waals surface area contributed by atoms with Crippen molar-refractivity contribution in [3.8, 4) is 11.1 Å². The van der Waals surface area contributed by atoms with Crippen molar-refractivity contribution >= 4 is 56.3 Å². The molecule has 5 rings (SSSR count). The van der Waals surface area contributed by atoms with E-state index in [1.165, 1.54) is 11.3 Å². The van der Waals surface area contributed by atoms with Gasteiger partial charge in [0.2, 0.25) is 0 Å². The number of halogens is 1. The maximum absolute atomic E-state index is 13.8. The van der Waals surface area contributed by atoms with Gasteiger partial charge < -0.3 is 20.8 Å². The summed E-state index contributed by atoms with van der Waals surface area (Å²) in [7, 11) is 0. The SMILES string of the molecule is Cc1ccc(NC(=O)c2c(C)nc3sc(C(=O)NCc4ccco4)c(N)c3c2-c2ccccc2Cl)c(C)c1. The Hall–Kier alpha value is -4.14. The van der Waals surface area contributed by atoms with Crippen molar-refractivity contribution in [2.24, 2.45) is 0 Å². The number of nitrogen functional groups attached to an aromatic ring is 1. The van der Waals surface area contributed by atoms with Gasteiger partial charge in [0, 0.05) is 27.2 Å². The molecule has 0 aliphatic carbocycles.